The fraction of sp³-hybridized carbons (Fsp3) is 0.480. The van der Waals surface area contributed by atoms with E-state index in [1.165, 1.54) is 29.5 Å². The minimum absolute atomic E-state index is 0.542. The highest BCUT2D eigenvalue weighted by Crippen LogP contribution is 2.61. The highest BCUT2D eigenvalue weighted by atomic mass is 15.1. The molecule has 1 aromatic heterocycles. The summed E-state index contributed by atoms with van der Waals surface area (Å²) in [5.41, 5.74) is 5.36. The van der Waals surface area contributed by atoms with Crippen molar-refractivity contribution in [2.24, 2.45) is 30.2 Å². The fourth-order valence-electron chi connectivity index (χ4n) is 5.97. The summed E-state index contributed by atoms with van der Waals surface area (Å²) in [4.78, 5) is 4.97. The molecule has 1 unspecified atom stereocenters. The van der Waals surface area contributed by atoms with E-state index in [1.54, 1.807) is 0 Å². The zero-order valence-corrected chi connectivity index (χ0v) is 17.4. The number of nitrogens with one attached hydrogen (secondary N) is 1. The molecule has 2 bridgehead atoms. The summed E-state index contributed by atoms with van der Waals surface area (Å²) in [5, 5.41) is 3.86. The maximum absolute atomic E-state index is 4.97. The quantitative estimate of drug-likeness (QED) is 0.663. The first kappa shape index (κ1) is 17.9. The Morgan fingerprint density at radius 1 is 1.07 bits per heavy atom. The summed E-state index contributed by atoms with van der Waals surface area (Å²) in [6, 6.07) is 17.7. The Labute approximate surface area is 168 Å². The van der Waals surface area contributed by atoms with E-state index in [-0.39, 0.29) is 0 Å². The average Bonchev–Trinajstić information content (AvgIpc) is 3.03. The molecule has 3 heteroatoms. The van der Waals surface area contributed by atoms with Crippen LogP contribution in [0.15, 0.2) is 48.5 Å². The van der Waals surface area contributed by atoms with Crippen LogP contribution in [0.1, 0.15) is 39.4 Å². The number of hydrogen-bond acceptors (Lipinski definition) is 2. The van der Waals surface area contributed by atoms with Crippen molar-refractivity contribution in [1.29, 1.82) is 0 Å². The monoisotopic (exact) mass is 373 g/mol. The van der Waals surface area contributed by atoms with Gasteiger partial charge in [-0.2, -0.15) is 0 Å². The molecule has 4 atom stereocenters. The van der Waals surface area contributed by atoms with Crippen LogP contribution in [0.2, 0.25) is 0 Å². The minimum atomic E-state index is 0.542. The molecule has 3 nitrogen and oxygen atoms in total. The first-order valence-corrected chi connectivity index (χ1v) is 10.7. The molecule has 2 aromatic carbocycles. The summed E-state index contributed by atoms with van der Waals surface area (Å²) in [5.74, 6) is 3.63. The molecule has 1 heterocycles. The van der Waals surface area contributed by atoms with E-state index in [1.807, 2.05) is 0 Å². The molecule has 1 N–H and O–H groups in total. The SMILES string of the molecule is C[C@H]1C(NCc2nc3cccc(-c4ccccc4)c3n2C)C[C@@H]2C[C@H]1C2(C)C. The average molecular weight is 374 g/mol. The second kappa shape index (κ2) is 6.45. The smallest absolute Gasteiger partial charge is 0.123 e. The van der Waals surface area contributed by atoms with Crippen LogP contribution in [0, 0.1) is 23.2 Å². The van der Waals surface area contributed by atoms with Gasteiger partial charge in [-0.25, -0.2) is 4.98 Å². The molecule has 0 amide bonds. The van der Waals surface area contributed by atoms with E-state index in [4.69, 9.17) is 4.98 Å². The predicted octanol–water partition coefficient (Wildman–Crippen LogP) is 5.40. The van der Waals surface area contributed by atoms with Crippen LogP contribution in [-0.2, 0) is 13.6 Å². The number of rotatable bonds is 4. The first-order valence-electron chi connectivity index (χ1n) is 10.7. The van der Waals surface area contributed by atoms with Crippen molar-refractivity contribution in [2.75, 3.05) is 0 Å². The lowest BCUT2D eigenvalue weighted by Gasteiger charge is -2.62. The molecule has 0 radical (unpaired) electrons. The minimum Gasteiger partial charge on any atom is -0.330 e. The number of benzene rings is 2. The number of fused-ring (bicyclic) bond motifs is 3. The van der Waals surface area contributed by atoms with Crippen LogP contribution in [-0.4, -0.2) is 15.6 Å². The van der Waals surface area contributed by atoms with Crippen molar-refractivity contribution in [3.63, 3.8) is 0 Å². The van der Waals surface area contributed by atoms with Gasteiger partial charge in [0.2, 0.25) is 0 Å². The maximum atomic E-state index is 4.97. The van der Waals surface area contributed by atoms with Gasteiger partial charge < -0.3 is 9.88 Å². The van der Waals surface area contributed by atoms with Gasteiger partial charge in [0.1, 0.15) is 5.82 Å². The van der Waals surface area contributed by atoms with Gasteiger partial charge >= 0.3 is 0 Å². The molecule has 0 spiro atoms. The lowest BCUT2D eigenvalue weighted by Crippen LogP contribution is -2.59. The van der Waals surface area contributed by atoms with Gasteiger partial charge in [-0.05, 0) is 47.6 Å². The summed E-state index contributed by atoms with van der Waals surface area (Å²) >= 11 is 0. The predicted molar refractivity (Wildman–Crippen MR) is 116 cm³/mol. The number of aryl methyl sites for hydroxylation is 1. The lowest BCUT2D eigenvalue weighted by atomic mass is 9.45. The highest BCUT2D eigenvalue weighted by molar-refractivity contribution is 5.92. The summed E-state index contributed by atoms with van der Waals surface area (Å²) in [6.07, 6.45) is 2.74. The van der Waals surface area contributed by atoms with Crippen LogP contribution >= 0.6 is 0 Å². The van der Waals surface area contributed by atoms with Crippen molar-refractivity contribution in [3.8, 4) is 11.1 Å². The van der Waals surface area contributed by atoms with Crippen LogP contribution in [0.5, 0.6) is 0 Å². The molecule has 3 aromatic rings. The Kier molecular flexibility index (Phi) is 4.13. The Balaban J connectivity index is 1.40. The molecule has 3 aliphatic rings. The van der Waals surface area contributed by atoms with Gasteiger partial charge in [-0.15, -0.1) is 0 Å². The number of aromatic nitrogens is 2. The summed E-state index contributed by atoms with van der Waals surface area (Å²) < 4.78 is 2.28. The molecule has 28 heavy (non-hydrogen) atoms. The zero-order valence-electron chi connectivity index (χ0n) is 17.4. The first-order chi connectivity index (χ1) is 13.5. The van der Waals surface area contributed by atoms with Gasteiger partial charge in [0.05, 0.1) is 17.6 Å². The maximum Gasteiger partial charge on any atom is 0.123 e. The van der Waals surface area contributed by atoms with Crippen LogP contribution < -0.4 is 5.32 Å². The van der Waals surface area contributed by atoms with Gasteiger partial charge in [0.25, 0.3) is 0 Å². The third-order valence-electron chi connectivity index (χ3n) is 7.95. The molecule has 3 fully saturated rings. The van der Waals surface area contributed by atoms with E-state index in [2.05, 4.69) is 86.2 Å². The second-order valence-electron chi connectivity index (χ2n) is 9.57. The third-order valence-corrected chi connectivity index (χ3v) is 7.95. The van der Waals surface area contributed by atoms with Crippen molar-refractivity contribution >= 4 is 11.0 Å². The third kappa shape index (κ3) is 2.63. The van der Waals surface area contributed by atoms with E-state index in [9.17, 15) is 0 Å². The van der Waals surface area contributed by atoms with E-state index >= 15 is 0 Å². The van der Waals surface area contributed by atoms with E-state index in [0.717, 1.165) is 35.6 Å². The van der Waals surface area contributed by atoms with Crippen LogP contribution in [0.3, 0.4) is 0 Å². The topological polar surface area (TPSA) is 29.9 Å². The number of imidazole rings is 1. The van der Waals surface area contributed by atoms with Gasteiger partial charge in [-0.3, -0.25) is 0 Å². The molecular weight excluding hydrogens is 342 g/mol. The fourth-order valence-corrected chi connectivity index (χ4v) is 5.97. The van der Waals surface area contributed by atoms with Crippen molar-refractivity contribution in [2.45, 2.75) is 46.2 Å². The van der Waals surface area contributed by atoms with Crippen LogP contribution in [0.4, 0.5) is 0 Å². The molecule has 0 saturated heterocycles. The van der Waals surface area contributed by atoms with E-state index < -0.39 is 0 Å². The molecule has 3 saturated carbocycles. The Bertz CT molecular complexity index is 1000. The van der Waals surface area contributed by atoms with Gasteiger partial charge in [0.15, 0.2) is 0 Å². The second-order valence-corrected chi connectivity index (χ2v) is 9.57. The Morgan fingerprint density at radius 2 is 1.86 bits per heavy atom. The standard InChI is InChI=1S/C25H31N3/c1-16-20-13-18(25(20,2)3)14-22(16)26-15-23-27-21-12-8-11-19(24(21)28(23)4)17-9-6-5-7-10-17/h5-12,16,18,20,22,26H,13-15H2,1-4H3/t16-,18+,20-,22?/m1/s1. The van der Waals surface area contributed by atoms with Crippen molar-refractivity contribution in [3.05, 3.63) is 54.4 Å². The zero-order chi connectivity index (χ0) is 19.5. The largest absolute Gasteiger partial charge is 0.330 e. The molecule has 3 aliphatic carbocycles. The van der Waals surface area contributed by atoms with E-state index in [0.29, 0.717) is 11.5 Å². The lowest BCUT2D eigenvalue weighted by molar-refractivity contribution is -0.115. The Morgan fingerprint density at radius 3 is 2.57 bits per heavy atom. The number of para-hydroxylation sites is 1. The van der Waals surface area contributed by atoms with Gasteiger partial charge in [0, 0.05) is 18.7 Å². The van der Waals surface area contributed by atoms with Gasteiger partial charge in [-0.1, -0.05) is 63.2 Å². The molecular formula is C25H31N3. The molecule has 0 aliphatic heterocycles. The van der Waals surface area contributed by atoms with Crippen LogP contribution in [0.25, 0.3) is 22.2 Å². The van der Waals surface area contributed by atoms with Crippen molar-refractivity contribution < 1.29 is 0 Å². The molecule has 6 rings (SSSR count). The van der Waals surface area contributed by atoms with Crippen molar-refractivity contribution in [1.82, 2.24) is 14.9 Å². The number of hydrogen-bond donors (Lipinski definition) is 1. The highest BCUT2D eigenvalue weighted by Gasteiger charge is 2.55. The summed E-state index contributed by atoms with van der Waals surface area (Å²) in [7, 11) is 2.16. The molecule has 146 valence electrons. The number of nitrogens with zero attached hydrogens (tertiary/aromatic N) is 2. The summed E-state index contributed by atoms with van der Waals surface area (Å²) in [6.45, 7) is 8.22. The Hall–Kier alpha value is -2.13. The normalized spacial score (nSPS) is 28.3.